The van der Waals surface area contributed by atoms with E-state index < -0.39 is 9.84 Å². The van der Waals surface area contributed by atoms with Crippen LogP contribution >= 0.6 is 0 Å². The smallest absolute Gasteiger partial charge is 0.175 e. The normalized spacial score (nSPS) is 11.2. The molecule has 0 fully saturated rings. The summed E-state index contributed by atoms with van der Waals surface area (Å²) in [6.07, 6.45) is 1.11. The van der Waals surface area contributed by atoms with Crippen LogP contribution in [0.15, 0.2) is 29.2 Å². The number of hydrogen-bond acceptors (Lipinski definition) is 4. The van der Waals surface area contributed by atoms with Crippen molar-refractivity contribution in [1.82, 2.24) is 0 Å². The van der Waals surface area contributed by atoms with Crippen LogP contribution in [0.1, 0.15) is 0 Å². The summed E-state index contributed by atoms with van der Waals surface area (Å²) in [5.41, 5.74) is 2.23. The molecule has 12 heavy (non-hydrogen) atoms. The van der Waals surface area contributed by atoms with E-state index in [1.807, 2.05) is 5.48 Å². The van der Waals surface area contributed by atoms with Crippen LogP contribution in [0, 0.1) is 0 Å². The Morgan fingerprint density at radius 1 is 1.42 bits per heavy atom. The first-order valence-corrected chi connectivity index (χ1v) is 5.13. The highest BCUT2D eigenvalue weighted by Gasteiger charge is 2.06. The van der Waals surface area contributed by atoms with Crippen LogP contribution < -0.4 is 5.48 Å². The second-order valence-corrected chi connectivity index (χ2v) is 4.43. The molecule has 0 unspecified atom stereocenters. The molecule has 0 saturated carbocycles. The van der Waals surface area contributed by atoms with E-state index in [-0.39, 0.29) is 4.90 Å². The molecule has 0 heterocycles. The van der Waals surface area contributed by atoms with Crippen molar-refractivity contribution in [2.24, 2.45) is 0 Å². The molecule has 66 valence electrons. The quantitative estimate of drug-likeness (QED) is 0.675. The van der Waals surface area contributed by atoms with Crippen LogP contribution in [0.4, 0.5) is 5.69 Å². The number of sulfone groups is 1. The standard InChI is InChI=1S/C7H9NO3S/c1-12(10,11)7-4-2-3-6(5-7)8-9/h2-5,8-9H,1H3. The number of nitrogens with one attached hydrogen (secondary N) is 1. The van der Waals surface area contributed by atoms with Gasteiger partial charge in [-0.1, -0.05) is 6.07 Å². The topological polar surface area (TPSA) is 66.4 Å². The van der Waals surface area contributed by atoms with E-state index in [1.54, 1.807) is 12.1 Å². The van der Waals surface area contributed by atoms with Gasteiger partial charge in [-0.15, -0.1) is 0 Å². The van der Waals surface area contributed by atoms with Gasteiger partial charge in [0.25, 0.3) is 0 Å². The van der Waals surface area contributed by atoms with Gasteiger partial charge in [0.05, 0.1) is 10.6 Å². The van der Waals surface area contributed by atoms with E-state index in [4.69, 9.17) is 5.21 Å². The highest BCUT2D eigenvalue weighted by Crippen LogP contribution is 2.13. The van der Waals surface area contributed by atoms with Gasteiger partial charge in [0.2, 0.25) is 0 Å². The maximum absolute atomic E-state index is 11.0. The van der Waals surface area contributed by atoms with Gasteiger partial charge < -0.3 is 0 Å². The van der Waals surface area contributed by atoms with Crippen molar-refractivity contribution in [3.8, 4) is 0 Å². The Morgan fingerprint density at radius 2 is 2.08 bits per heavy atom. The predicted molar refractivity (Wildman–Crippen MR) is 45.0 cm³/mol. The highest BCUT2D eigenvalue weighted by atomic mass is 32.2. The predicted octanol–water partition coefficient (Wildman–Crippen LogP) is 0.891. The first-order valence-electron chi connectivity index (χ1n) is 3.24. The summed E-state index contributed by atoms with van der Waals surface area (Å²) in [6.45, 7) is 0. The van der Waals surface area contributed by atoms with Crippen molar-refractivity contribution >= 4 is 15.5 Å². The van der Waals surface area contributed by atoms with E-state index in [0.717, 1.165) is 6.26 Å². The fourth-order valence-corrected chi connectivity index (χ4v) is 1.46. The summed E-state index contributed by atoms with van der Waals surface area (Å²) in [5, 5.41) is 8.48. The summed E-state index contributed by atoms with van der Waals surface area (Å²) in [6, 6.07) is 5.94. The molecule has 0 amide bonds. The largest absolute Gasteiger partial charge is 0.291 e. The third-order valence-corrected chi connectivity index (χ3v) is 2.50. The molecule has 0 spiro atoms. The minimum absolute atomic E-state index is 0.182. The molecule has 1 aromatic rings. The number of hydrogen-bond donors (Lipinski definition) is 2. The van der Waals surface area contributed by atoms with E-state index in [1.165, 1.54) is 12.1 Å². The Kier molecular flexibility index (Phi) is 2.35. The van der Waals surface area contributed by atoms with Crippen LogP contribution in [0.25, 0.3) is 0 Å². The summed E-state index contributed by atoms with van der Waals surface area (Å²) in [4.78, 5) is 0.182. The second-order valence-electron chi connectivity index (χ2n) is 2.41. The molecule has 0 saturated heterocycles. The van der Waals surface area contributed by atoms with Gasteiger partial charge in [-0.25, -0.2) is 8.42 Å². The molecule has 5 heteroatoms. The molecular formula is C7H9NO3S. The van der Waals surface area contributed by atoms with Gasteiger partial charge in [-0.3, -0.25) is 10.7 Å². The molecule has 4 nitrogen and oxygen atoms in total. The minimum Gasteiger partial charge on any atom is -0.291 e. The lowest BCUT2D eigenvalue weighted by Gasteiger charge is -2.00. The first-order chi connectivity index (χ1) is 5.54. The van der Waals surface area contributed by atoms with Crippen LogP contribution in [-0.4, -0.2) is 19.9 Å². The lowest BCUT2D eigenvalue weighted by atomic mass is 10.3. The number of anilines is 1. The van der Waals surface area contributed by atoms with Crippen LogP contribution in [0.2, 0.25) is 0 Å². The fraction of sp³-hybridized carbons (Fsp3) is 0.143. The zero-order valence-electron chi connectivity index (χ0n) is 6.48. The van der Waals surface area contributed by atoms with Crippen molar-refractivity contribution in [3.05, 3.63) is 24.3 Å². The third-order valence-electron chi connectivity index (χ3n) is 1.39. The van der Waals surface area contributed by atoms with E-state index in [0.29, 0.717) is 5.69 Å². The van der Waals surface area contributed by atoms with E-state index >= 15 is 0 Å². The Bertz CT molecular complexity index is 372. The molecule has 1 aromatic carbocycles. The van der Waals surface area contributed by atoms with Crippen molar-refractivity contribution < 1.29 is 13.6 Å². The Hall–Kier alpha value is -1.07. The number of benzene rings is 1. The average Bonchev–Trinajstić information content (AvgIpc) is 2.03. The van der Waals surface area contributed by atoms with Crippen molar-refractivity contribution in [3.63, 3.8) is 0 Å². The molecule has 1 rings (SSSR count). The van der Waals surface area contributed by atoms with Crippen LogP contribution in [0.5, 0.6) is 0 Å². The first kappa shape index (κ1) is 9.02. The molecular weight excluding hydrogens is 178 g/mol. The SMILES string of the molecule is CS(=O)(=O)c1cccc(NO)c1. The summed E-state index contributed by atoms with van der Waals surface area (Å²) < 4.78 is 22.0. The molecule has 0 radical (unpaired) electrons. The van der Waals surface area contributed by atoms with Crippen LogP contribution in [-0.2, 0) is 9.84 Å². The van der Waals surface area contributed by atoms with Gasteiger partial charge in [-0.2, -0.15) is 0 Å². The highest BCUT2D eigenvalue weighted by molar-refractivity contribution is 7.90. The monoisotopic (exact) mass is 187 g/mol. The lowest BCUT2D eigenvalue weighted by molar-refractivity contribution is 0.388. The maximum atomic E-state index is 11.0. The number of rotatable bonds is 2. The molecule has 0 atom stereocenters. The molecule has 0 aliphatic rings. The van der Waals surface area contributed by atoms with Gasteiger partial charge in [0.15, 0.2) is 9.84 Å². The Balaban J connectivity index is 3.20. The minimum atomic E-state index is -3.19. The maximum Gasteiger partial charge on any atom is 0.175 e. The molecule has 0 aliphatic heterocycles. The van der Waals surface area contributed by atoms with E-state index in [9.17, 15) is 8.42 Å². The van der Waals surface area contributed by atoms with Gasteiger partial charge in [0, 0.05) is 6.26 Å². The molecule has 0 aliphatic carbocycles. The van der Waals surface area contributed by atoms with Crippen molar-refractivity contribution in [1.29, 1.82) is 0 Å². The van der Waals surface area contributed by atoms with Crippen LogP contribution in [0.3, 0.4) is 0 Å². The van der Waals surface area contributed by atoms with Gasteiger partial charge >= 0.3 is 0 Å². The molecule has 0 bridgehead atoms. The fourth-order valence-electron chi connectivity index (χ4n) is 0.796. The zero-order chi connectivity index (χ0) is 9.19. The Labute approximate surface area is 70.7 Å². The van der Waals surface area contributed by atoms with Crippen molar-refractivity contribution in [2.75, 3.05) is 11.7 Å². The van der Waals surface area contributed by atoms with Gasteiger partial charge in [0.1, 0.15) is 0 Å². The molecule has 0 aromatic heterocycles. The average molecular weight is 187 g/mol. The summed E-state index contributed by atoms with van der Waals surface area (Å²) in [5.74, 6) is 0. The summed E-state index contributed by atoms with van der Waals surface area (Å²) in [7, 11) is -3.19. The lowest BCUT2D eigenvalue weighted by Crippen LogP contribution is -1.98. The van der Waals surface area contributed by atoms with E-state index in [2.05, 4.69) is 0 Å². The molecule has 2 N–H and O–H groups in total. The zero-order valence-corrected chi connectivity index (χ0v) is 7.30. The second kappa shape index (κ2) is 3.12. The van der Waals surface area contributed by atoms with Crippen molar-refractivity contribution in [2.45, 2.75) is 4.90 Å². The third kappa shape index (κ3) is 1.96. The Morgan fingerprint density at radius 3 is 2.58 bits per heavy atom. The summed E-state index contributed by atoms with van der Waals surface area (Å²) >= 11 is 0. The van der Waals surface area contributed by atoms with Gasteiger partial charge in [-0.05, 0) is 18.2 Å².